The topological polar surface area (TPSA) is 102 Å². The number of rotatable bonds is 3. The van der Waals surface area contributed by atoms with Crippen LogP contribution in [0.3, 0.4) is 0 Å². The maximum absolute atomic E-state index is 14.3. The number of amides is 1. The molecule has 0 bridgehead atoms. The Bertz CT molecular complexity index is 1010. The first-order valence-corrected chi connectivity index (χ1v) is 10.6. The summed E-state index contributed by atoms with van der Waals surface area (Å²) in [5.74, 6) is 0.240. The summed E-state index contributed by atoms with van der Waals surface area (Å²) >= 11 is 3.17. The van der Waals surface area contributed by atoms with Crippen LogP contribution in [0.25, 0.3) is 11.2 Å². The first kappa shape index (κ1) is 22.4. The van der Waals surface area contributed by atoms with Crippen LogP contribution in [0.1, 0.15) is 47.1 Å². The zero-order chi connectivity index (χ0) is 22.2. The van der Waals surface area contributed by atoms with E-state index in [0.29, 0.717) is 11.2 Å². The Hall–Kier alpha value is -2.30. The van der Waals surface area contributed by atoms with E-state index < -0.39 is 23.9 Å². The Kier molecular flexibility index (Phi) is 6.30. The largest absolute Gasteiger partial charge is 0.444 e. The van der Waals surface area contributed by atoms with Crippen LogP contribution >= 0.6 is 15.9 Å². The number of likely N-dealkylation sites (tertiary alicyclic amines) is 1. The highest BCUT2D eigenvalue weighted by Crippen LogP contribution is 2.21. The molecule has 1 fully saturated rings. The van der Waals surface area contributed by atoms with Gasteiger partial charge < -0.3 is 15.0 Å². The van der Waals surface area contributed by atoms with Gasteiger partial charge in [-0.2, -0.15) is 4.98 Å². The second kappa shape index (κ2) is 8.44. The molecule has 1 amide bonds. The van der Waals surface area contributed by atoms with Crippen molar-refractivity contribution in [2.24, 2.45) is 0 Å². The Morgan fingerprint density at radius 3 is 2.67 bits per heavy atom. The van der Waals surface area contributed by atoms with Crippen LogP contribution < -0.4 is 10.9 Å². The molecule has 1 aliphatic heterocycles. The van der Waals surface area contributed by atoms with Crippen molar-refractivity contribution in [3.63, 3.8) is 0 Å². The summed E-state index contributed by atoms with van der Waals surface area (Å²) < 4.78 is 21.4. The molecular weight excluding hydrogens is 459 g/mol. The molecule has 11 heteroatoms. The Labute approximate surface area is 182 Å². The Balaban J connectivity index is 1.84. The van der Waals surface area contributed by atoms with E-state index in [1.807, 2.05) is 13.8 Å². The van der Waals surface area contributed by atoms with Gasteiger partial charge >= 0.3 is 6.09 Å². The van der Waals surface area contributed by atoms with Gasteiger partial charge in [0, 0.05) is 25.0 Å². The SMILES string of the molecule is CC(C)n1c(=O)c(Br)nc2cnc(N[C@H]3C[C@H](F)CN(C(=O)OC(C)(C)C)C3)nc21. The number of carbonyl (C=O) groups excluding carboxylic acids is 1. The monoisotopic (exact) mass is 484 g/mol. The van der Waals surface area contributed by atoms with Gasteiger partial charge in [0.1, 0.15) is 17.3 Å². The second-order valence-electron chi connectivity index (χ2n) is 8.63. The maximum Gasteiger partial charge on any atom is 0.410 e. The molecule has 2 atom stereocenters. The summed E-state index contributed by atoms with van der Waals surface area (Å²) in [5.41, 5.74) is -0.109. The van der Waals surface area contributed by atoms with E-state index in [4.69, 9.17) is 4.74 Å². The minimum Gasteiger partial charge on any atom is -0.444 e. The fraction of sp³-hybridized carbons (Fsp3) is 0.632. The number of anilines is 1. The first-order chi connectivity index (χ1) is 13.9. The molecule has 164 valence electrons. The van der Waals surface area contributed by atoms with Gasteiger partial charge in [-0.3, -0.25) is 9.36 Å². The van der Waals surface area contributed by atoms with Crippen molar-refractivity contribution in [3.05, 3.63) is 21.2 Å². The minimum atomic E-state index is -1.20. The van der Waals surface area contributed by atoms with E-state index in [-0.39, 0.29) is 41.7 Å². The third-order valence-corrected chi connectivity index (χ3v) is 5.01. The number of piperidine rings is 1. The van der Waals surface area contributed by atoms with Crippen molar-refractivity contribution in [3.8, 4) is 0 Å². The highest BCUT2D eigenvalue weighted by atomic mass is 79.9. The summed E-state index contributed by atoms with van der Waals surface area (Å²) in [5, 5.41) is 3.08. The van der Waals surface area contributed by atoms with Gasteiger partial charge in [-0.05, 0) is 50.5 Å². The van der Waals surface area contributed by atoms with E-state index in [1.54, 1.807) is 20.8 Å². The summed E-state index contributed by atoms with van der Waals surface area (Å²) in [6.07, 6.45) is -0.0414. The van der Waals surface area contributed by atoms with Crippen LogP contribution in [0.15, 0.2) is 15.6 Å². The van der Waals surface area contributed by atoms with Crippen molar-refractivity contribution < 1.29 is 13.9 Å². The number of nitrogens with zero attached hydrogens (tertiary/aromatic N) is 5. The number of alkyl halides is 1. The van der Waals surface area contributed by atoms with E-state index in [0.717, 1.165) is 0 Å². The molecule has 1 N–H and O–H groups in total. The predicted octanol–water partition coefficient (Wildman–Crippen LogP) is 3.29. The fourth-order valence-electron chi connectivity index (χ4n) is 3.32. The fourth-order valence-corrected chi connectivity index (χ4v) is 3.70. The average Bonchev–Trinajstić information content (AvgIpc) is 2.61. The van der Waals surface area contributed by atoms with E-state index in [9.17, 15) is 14.0 Å². The molecule has 30 heavy (non-hydrogen) atoms. The molecule has 1 saturated heterocycles. The minimum absolute atomic E-state index is 0.0174. The van der Waals surface area contributed by atoms with Gasteiger partial charge in [-0.1, -0.05) is 0 Å². The summed E-state index contributed by atoms with van der Waals surface area (Å²) in [4.78, 5) is 39.0. The van der Waals surface area contributed by atoms with Crippen molar-refractivity contribution in [2.45, 2.75) is 64.9 Å². The van der Waals surface area contributed by atoms with Gasteiger partial charge in [-0.25, -0.2) is 19.2 Å². The summed E-state index contributed by atoms with van der Waals surface area (Å²) in [6.45, 7) is 9.28. The van der Waals surface area contributed by atoms with Gasteiger partial charge in [0.2, 0.25) is 5.95 Å². The normalized spacial score (nSPS) is 19.9. The molecule has 0 aliphatic carbocycles. The van der Waals surface area contributed by atoms with Gasteiger partial charge in [-0.15, -0.1) is 0 Å². The van der Waals surface area contributed by atoms with E-state index in [2.05, 4.69) is 36.2 Å². The van der Waals surface area contributed by atoms with Gasteiger partial charge in [0.15, 0.2) is 10.3 Å². The molecular formula is C19H26BrFN6O3. The van der Waals surface area contributed by atoms with Crippen molar-refractivity contribution in [2.75, 3.05) is 18.4 Å². The first-order valence-electron chi connectivity index (χ1n) is 9.78. The van der Waals surface area contributed by atoms with Gasteiger partial charge in [0.25, 0.3) is 5.56 Å². The van der Waals surface area contributed by atoms with Crippen LogP contribution in [0.4, 0.5) is 15.1 Å². The summed E-state index contributed by atoms with van der Waals surface area (Å²) in [6, 6.07) is -0.545. The number of aromatic nitrogens is 4. The third-order valence-electron chi connectivity index (χ3n) is 4.49. The van der Waals surface area contributed by atoms with E-state index in [1.165, 1.54) is 15.7 Å². The molecule has 1 aliphatic rings. The maximum atomic E-state index is 14.3. The number of nitrogens with one attached hydrogen (secondary N) is 1. The molecule has 0 spiro atoms. The average molecular weight is 485 g/mol. The molecule has 2 aromatic rings. The zero-order valence-electron chi connectivity index (χ0n) is 17.6. The lowest BCUT2D eigenvalue weighted by molar-refractivity contribution is 0.0124. The van der Waals surface area contributed by atoms with Crippen LogP contribution in [-0.4, -0.2) is 61.4 Å². The van der Waals surface area contributed by atoms with Crippen molar-refractivity contribution >= 4 is 39.1 Å². The molecule has 0 aromatic carbocycles. The van der Waals surface area contributed by atoms with Crippen LogP contribution in [0, 0.1) is 0 Å². The lowest BCUT2D eigenvalue weighted by Gasteiger charge is -2.36. The van der Waals surface area contributed by atoms with Gasteiger partial charge in [0.05, 0.1) is 12.7 Å². The third kappa shape index (κ3) is 5.05. The molecule has 2 aromatic heterocycles. The molecule has 3 heterocycles. The molecule has 9 nitrogen and oxygen atoms in total. The van der Waals surface area contributed by atoms with Crippen LogP contribution in [0.5, 0.6) is 0 Å². The standard InChI is InChI=1S/C19H26BrFN6O3/c1-10(2)27-15-13(24-14(20)16(27)28)7-22-17(25-15)23-12-6-11(21)8-26(9-12)18(29)30-19(3,4)5/h7,10-12H,6,8-9H2,1-5H3,(H,22,23,25)/t11-,12-/m0/s1. The second-order valence-corrected chi connectivity index (χ2v) is 9.38. The molecule has 3 rings (SSSR count). The quantitative estimate of drug-likeness (QED) is 0.712. The zero-order valence-corrected chi connectivity index (χ0v) is 19.2. The summed E-state index contributed by atoms with van der Waals surface area (Å²) in [7, 11) is 0. The smallest absolute Gasteiger partial charge is 0.410 e. The number of hydrogen-bond donors (Lipinski definition) is 1. The van der Waals surface area contributed by atoms with Crippen LogP contribution in [-0.2, 0) is 4.74 Å². The number of halogens is 2. The lowest BCUT2D eigenvalue weighted by Crippen LogP contribution is -2.51. The van der Waals surface area contributed by atoms with Crippen LogP contribution in [0.2, 0.25) is 0 Å². The Morgan fingerprint density at radius 2 is 2.03 bits per heavy atom. The predicted molar refractivity (Wildman–Crippen MR) is 114 cm³/mol. The Morgan fingerprint density at radius 1 is 1.33 bits per heavy atom. The molecule has 0 radical (unpaired) electrons. The number of fused-ring (bicyclic) bond motifs is 1. The highest BCUT2D eigenvalue weighted by molar-refractivity contribution is 9.10. The highest BCUT2D eigenvalue weighted by Gasteiger charge is 2.33. The van der Waals surface area contributed by atoms with Crippen molar-refractivity contribution in [1.29, 1.82) is 0 Å². The number of hydrogen-bond acceptors (Lipinski definition) is 7. The molecule has 0 unspecified atom stereocenters. The molecule has 0 saturated carbocycles. The lowest BCUT2D eigenvalue weighted by atomic mass is 10.0. The van der Waals surface area contributed by atoms with E-state index >= 15 is 0 Å². The number of ether oxygens (including phenoxy) is 1. The van der Waals surface area contributed by atoms with Crippen molar-refractivity contribution in [1.82, 2.24) is 24.4 Å². The number of carbonyl (C=O) groups is 1.